The van der Waals surface area contributed by atoms with Crippen LogP contribution in [-0.4, -0.2) is 18.2 Å². The third kappa shape index (κ3) is 2.95. The summed E-state index contributed by atoms with van der Waals surface area (Å²) in [6.07, 6.45) is 0. The fourth-order valence-corrected chi connectivity index (χ4v) is 1.88. The van der Waals surface area contributed by atoms with Crippen molar-refractivity contribution in [3.63, 3.8) is 0 Å². The number of nitriles is 1. The van der Waals surface area contributed by atoms with Crippen molar-refractivity contribution >= 4 is 5.97 Å². The van der Waals surface area contributed by atoms with Gasteiger partial charge in [0.05, 0.1) is 12.7 Å². The number of rotatable bonds is 4. The van der Waals surface area contributed by atoms with Gasteiger partial charge < -0.3 is 14.6 Å². The van der Waals surface area contributed by atoms with E-state index in [-0.39, 0.29) is 17.1 Å². The summed E-state index contributed by atoms with van der Waals surface area (Å²) in [5.41, 5.74) is 1.22. The van der Waals surface area contributed by atoms with Crippen molar-refractivity contribution < 1.29 is 19.4 Å². The Labute approximate surface area is 122 Å². The first kappa shape index (κ1) is 14.4. The molecule has 0 aromatic heterocycles. The Balaban J connectivity index is 2.54. The predicted octanol–water partition coefficient (Wildman–Crippen LogP) is 3.37. The SMILES string of the molecule is COc1cccc(C(=O)O)c1Oc1ccc(C)cc1C#N. The first-order chi connectivity index (χ1) is 10.1. The highest BCUT2D eigenvalue weighted by Gasteiger charge is 2.18. The minimum Gasteiger partial charge on any atom is -0.493 e. The molecule has 0 fully saturated rings. The van der Waals surface area contributed by atoms with Crippen molar-refractivity contribution in [3.8, 4) is 23.3 Å². The largest absolute Gasteiger partial charge is 0.493 e. The molecule has 0 atom stereocenters. The summed E-state index contributed by atoms with van der Waals surface area (Å²) in [7, 11) is 1.42. The van der Waals surface area contributed by atoms with E-state index in [1.54, 1.807) is 30.3 Å². The number of nitrogens with zero attached hydrogens (tertiary/aromatic N) is 1. The Morgan fingerprint density at radius 3 is 2.62 bits per heavy atom. The van der Waals surface area contributed by atoms with Gasteiger partial charge in [0, 0.05) is 0 Å². The Hall–Kier alpha value is -3.00. The molecule has 0 radical (unpaired) electrons. The molecular formula is C16H13NO4. The lowest BCUT2D eigenvalue weighted by Crippen LogP contribution is -2.02. The molecule has 0 bridgehead atoms. The van der Waals surface area contributed by atoms with E-state index in [1.807, 2.05) is 13.0 Å². The smallest absolute Gasteiger partial charge is 0.339 e. The van der Waals surface area contributed by atoms with Gasteiger partial charge in [0.15, 0.2) is 11.5 Å². The zero-order chi connectivity index (χ0) is 15.4. The van der Waals surface area contributed by atoms with Crippen LogP contribution in [0.1, 0.15) is 21.5 Å². The molecule has 0 unspecified atom stereocenters. The summed E-state index contributed by atoms with van der Waals surface area (Å²) in [5, 5.41) is 18.4. The number of hydrogen-bond donors (Lipinski definition) is 1. The summed E-state index contributed by atoms with van der Waals surface area (Å²) in [4.78, 5) is 11.3. The highest BCUT2D eigenvalue weighted by Crippen LogP contribution is 2.36. The zero-order valence-electron chi connectivity index (χ0n) is 11.6. The van der Waals surface area contributed by atoms with Crippen molar-refractivity contribution in [2.75, 3.05) is 7.11 Å². The summed E-state index contributed by atoms with van der Waals surface area (Å²) in [5.74, 6) is -0.475. The molecule has 2 aromatic carbocycles. The molecule has 2 rings (SSSR count). The normalized spacial score (nSPS) is 9.76. The molecule has 5 heteroatoms. The number of hydrogen-bond acceptors (Lipinski definition) is 4. The third-order valence-electron chi connectivity index (χ3n) is 2.90. The van der Waals surface area contributed by atoms with Crippen LogP contribution < -0.4 is 9.47 Å². The van der Waals surface area contributed by atoms with Gasteiger partial charge in [0.2, 0.25) is 0 Å². The van der Waals surface area contributed by atoms with Gasteiger partial charge in [-0.25, -0.2) is 4.79 Å². The highest BCUT2D eigenvalue weighted by molar-refractivity contribution is 5.92. The number of methoxy groups -OCH3 is 1. The fraction of sp³-hybridized carbons (Fsp3) is 0.125. The van der Waals surface area contributed by atoms with Crippen molar-refractivity contribution in [2.45, 2.75) is 6.92 Å². The number of carboxylic acid groups (broad SMARTS) is 1. The lowest BCUT2D eigenvalue weighted by Gasteiger charge is -2.13. The van der Waals surface area contributed by atoms with E-state index >= 15 is 0 Å². The topological polar surface area (TPSA) is 79.6 Å². The van der Waals surface area contributed by atoms with E-state index in [2.05, 4.69) is 0 Å². The van der Waals surface area contributed by atoms with E-state index in [1.165, 1.54) is 13.2 Å². The Bertz CT molecular complexity index is 732. The molecule has 5 nitrogen and oxygen atoms in total. The van der Waals surface area contributed by atoms with Gasteiger partial charge >= 0.3 is 5.97 Å². The standard InChI is InChI=1S/C16H13NO4/c1-10-6-7-13(11(8-10)9-17)21-15-12(16(18)19)4-3-5-14(15)20-2/h3-8H,1-2H3,(H,18,19). The van der Waals surface area contributed by atoms with Gasteiger partial charge in [-0.1, -0.05) is 12.1 Å². The van der Waals surface area contributed by atoms with Crippen LogP contribution in [0.15, 0.2) is 36.4 Å². The molecule has 0 aliphatic heterocycles. The Morgan fingerprint density at radius 2 is 2.00 bits per heavy atom. The molecule has 0 heterocycles. The van der Waals surface area contributed by atoms with Gasteiger partial charge in [-0.3, -0.25) is 0 Å². The molecule has 21 heavy (non-hydrogen) atoms. The maximum Gasteiger partial charge on any atom is 0.339 e. The van der Waals surface area contributed by atoms with Crippen molar-refractivity contribution in [1.82, 2.24) is 0 Å². The lowest BCUT2D eigenvalue weighted by molar-refractivity contribution is 0.0693. The molecule has 1 N–H and O–H groups in total. The van der Waals surface area contributed by atoms with Gasteiger partial charge in [-0.2, -0.15) is 5.26 Å². The molecular weight excluding hydrogens is 270 g/mol. The number of aryl methyl sites for hydroxylation is 1. The molecule has 0 spiro atoms. The maximum absolute atomic E-state index is 11.3. The average Bonchev–Trinajstić information content (AvgIpc) is 2.48. The minimum atomic E-state index is -1.13. The van der Waals surface area contributed by atoms with Crippen LogP contribution in [0.5, 0.6) is 17.2 Å². The Kier molecular flexibility index (Phi) is 4.10. The molecule has 2 aromatic rings. The summed E-state index contributed by atoms with van der Waals surface area (Å²) >= 11 is 0. The van der Waals surface area contributed by atoms with Gasteiger partial charge in [-0.15, -0.1) is 0 Å². The summed E-state index contributed by atoms with van der Waals surface area (Å²) < 4.78 is 10.8. The van der Waals surface area contributed by atoms with Crippen molar-refractivity contribution in [1.29, 1.82) is 5.26 Å². The molecule has 0 amide bonds. The Morgan fingerprint density at radius 1 is 1.24 bits per heavy atom. The van der Waals surface area contributed by atoms with E-state index in [0.29, 0.717) is 11.3 Å². The van der Waals surface area contributed by atoms with Crippen LogP contribution in [0, 0.1) is 18.3 Å². The van der Waals surface area contributed by atoms with Crippen LogP contribution in [0.2, 0.25) is 0 Å². The minimum absolute atomic E-state index is 0.0289. The van der Waals surface area contributed by atoms with Crippen LogP contribution in [0.25, 0.3) is 0 Å². The van der Waals surface area contributed by atoms with Gasteiger partial charge in [0.25, 0.3) is 0 Å². The molecule has 0 saturated heterocycles. The van der Waals surface area contributed by atoms with E-state index < -0.39 is 5.97 Å². The number of carbonyl (C=O) groups is 1. The van der Waals surface area contributed by atoms with E-state index in [9.17, 15) is 9.90 Å². The third-order valence-corrected chi connectivity index (χ3v) is 2.90. The second kappa shape index (κ2) is 5.97. The van der Waals surface area contributed by atoms with E-state index in [0.717, 1.165) is 5.56 Å². The monoisotopic (exact) mass is 283 g/mol. The number of benzene rings is 2. The average molecular weight is 283 g/mol. The van der Waals surface area contributed by atoms with Crippen LogP contribution in [0.3, 0.4) is 0 Å². The number of aromatic carboxylic acids is 1. The highest BCUT2D eigenvalue weighted by atomic mass is 16.5. The summed E-state index contributed by atoms with van der Waals surface area (Å²) in [6.45, 7) is 1.86. The molecule has 0 saturated carbocycles. The number of ether oxygens (including phenoxy) is 2. The van der Waals surface area contributed by atoms with E-state index in [4.69, 9.17) is 14.7 Å². The number of carboxylic acids is 1. The van der Waals surface area contributed by atoms with Crippen molar-refractivity contribution in [3.05, 3.63) is 53.1 Å². The maximum atomic E-state index is 11.3. The first-order valence-electron chi connectivity index (χ1n) is 6.15. The molecule has 106 valence electrons. The fourth-order valence-electron chi connectivity index (χ4n) is 1.88. The second-order valence-electron chi connectivity index (χ2n) is 4.36. The van der Waals surface area contributed by atoms with Gasteiger partial charge in [-0.05, 0) is 36.8 Å². The predicted molar refractivity (Wildman–Crippen MR) is 75.9 cm³/mol. The quantitative estimate of drug-likeness (QED) is 0.930. The molecule has 0 aliphatic carbocycles. The lowest BCUT2D eigenvalue weighted by atomic mass is 10.1. The second-order valence-corrected chi connectivity index (χ2v) is 4.36. The number of para-hydroxylation sites is 1. The zero-order valence-corrected chi connectivity index (χ0v) is 11.6. The first-order valence-corrected chi connectivity index (χ1v) is 6.15. The van der Waals surface area contributed by atoms with Crippen LogP contribution >= 0.6 is 0 Å². The van der Waals surface area contributed by atoms with Crippen LogP contribution in [-0.2, 0) is 0 Å². The van der Waals surface area contributed by atoms with Crippen molar-refractivity contribution in [2.24, 2.45) is 0 Å². The molecule has 0 aliphatic rings. The summed E-state index contributed by atoms with van der Waals surface area (Å²) in [6, 6.07) is 11.7. The van der Waals surface area contributed by atoms with Gasteiger partial charge in [0.1, 0.15) is 17.4 Å². The van der Waals surface area contributed by atoms with Crippen LogP contribution in [0.4, 0.5) is 0 Å².